The van der Waals surface area contributed by atoms with Crippen molar-refractivity contribution in [3.05, 3.63) is 40.3 Å². The molecule has 0 saturated heterocycles. The number of oxazole rings is 1. The fourth-order valence-corrected chi connectivity index (χ4v) is 2.11. The monoisotopic (exact) mass is 308 g/mol. The molecule has 1 aromatic heterocycles. The minimum atomic E-state index is 0.681. The van der Waals surface area contributed by atoms with Gasteiger partial charge in [-0.15, -0.1) is 0 Å². The van der Waals surface area contributed by atoms with E-state index in [1.165, 1.54) is 5.56 Å². The van der Waals surface area contributed by atoms with Crippen LogP contribution in [-0.2, 0) is 6.54 Å². The third-order valence-corrected chi connectivity index (χ3v) is 3.21. The van der Waals surface area contributed by atoms with Crippen LogP contribution in [0.15, 0.2) is 33.3 Å². The van der Waals surface area contributed by atoms with Gasteiger partial charge in [0.2, 0.25) is 5.89 Å². The molecule has 0 unspecified atom stereocenters. The molecule has 0 aliphatic heterocycles. The van der Waals surface area contributed by atoms with Gasteiger partial charge >= 0.3 is 0 Å². The summed E-state index contributed by atoms with van der Waals surface area (Å²) in [7, 11) is 0. The van der Waals surface area contributed by atoms with Gasteiger partial charge in [-0.2, -0.15) is 0 Å². The highest BCUT2D eigenvalue weighted by Gasteiger charge is 2.09. The molecule has 0 spiro atoms. The van der Waals surface area contributed by atoms with Gasteiger partial charge in [0.05, 0.1) is 12.7 Å². The van der Waals surface area contributed by atoms with Gasteiger partial charge in [0, 0.05) is 10.0 Å². The van der Waals surface area contributed by atoms with Crippen molar-refractivity contribution >= 4 is 15.9 Å². The first-order valence-corrected chi connectivity index (χ1v) is 6.92. The Labute approximate surface area is 116 Å². The molecule has 1 heterocycles. The van der Waals surface area contributed by atoms with Crippen LogP contribution in [0.3, 0.4) is 0 Å². The summed E-state index contributed by atoms with van der Waals surface area (Å²) in [6.07, 6.45) is 2.90. The lowest BCUT2D eigenvalue weighted by molar-refractivity contribution is 0.477. The largest absolute Gasteiger partial charge is 0.439 e. The first kappa shape index (κ1) is 13.3. The number of halogens is 1. The number of aromatic nitrogens is 1. The standard InChI is InChI=1S/C14H17BrN2O/c1-3-6-16-9-14-17-8-13(18-14)12-7-11(15)5-4-10(12)2/h4-5,7-8,16H,3,6,9H2,1-2H3. The molecule has 2 aromatic rings. The third-order valence-electron chi connectivity index (χ3n) is 2.72. The molecule has 3 nitrogen and oxygen atoms in total. The van der Waals surface area contributed by atoms with Gasteiger partial charge in [-0.1, -0.05) is 28.9 Å². The fraction of sp³-hybridized carbons (Fsp3) is 0.357. The SMILES string of the molecule is CCCNCc1ncc(-c2cc(Br)ccc2C)o1. The maximum Gasteiger partial charge on any atom is 0.208 e. The van der Waals surface area contributed by atoms with Crippen LogP contribution in [0.5, 0.6) is 0 Å². The topological polar surface area (TPSA) is 38.1 Å². The summed E-state index contributed by atoms with van der Waals surface area (Å²) >= 11 is 3.48. The van der Waals surface area contributed by atoms with Gasteiger partial charge in [0.25, 0.3) is 0 Å². The van der Waals surface area contributed by atoms with Crippen LogP contribution in [0.4, 0.5) is 0 Å². The van der Waals surface area contributed by atoms with E-state index in [0.717, 1.165) is 34.7 Å². The van der Waals surface area contributed by atoms with E-state index in [9.17, 15) is 0 Å². The molecular weight excluding hydrogens is 292 g/mol. The molecule has 0 saturated carbocycles. The number of hydrogen-bond donors (Lipinski definition) is 1. The summed E-state index contributed by atoms with van der Waals surface area (Å²) in [5.41, 5.74) is 2.26. The van der Waals surface area contributed by atoms with E-state index in [-0.39, 0.29) is 0 Å². The Kier molecular flexibility index (Phi) is 4.55. The van der Waals surface area contributed by atoms with Crippen LogP contribution in [0, 0.1) is 6.92 Å². The molecule has 1 N–H and O–H groups in total. The zero-order valence-corrected chi connectivity index (χ0v) is 12.3. The van der Waals surface area contributed by atoms with Crippen molar-refractivity contribution in [2.45, 2.75) is 26.8 Å². The number of hydrogen-bond acceptors (Lipinski definition) is 3. The van der Waals surface area contributed by atoms with E-state index in [1.807, 2.05) is 6.07 Å². The lowest BCUT2D eigenvalue weighted by Gasteiger charge is -2.02. The quantitative estimate of drug-likeness (QED) is 0.851. The van der Waals surface area contributed by atoms with Crippen LogP contribution in [0.1, 0.15) is 24.8 Å². The summed E-state index contributed by atoms with van der Waals surface area (Å²) in [6.45, 7) is 5.87. The molecule has 0 fully saturated rings. The highest BCUT2D eigenvalue weighted by Crippen LogP contribution is 2.27. The number of benzene rings is 1. The van der Waals surface area contributed by atoms with Crippen molar-refractivity contribution in [2.24, 2.45) is 0 Å². The summed E-state index contributed by atoms with van der Waals surface area (Å²) < 4.78 is 6.80. The average molecular weight is 309 g/mol. The number of aryl methyl sites for hydroxylation is 1. The molecular formula is C14H17BrN2O. The first-order valence-electron chi connectivity index (χ1n) is 6.12. The smallest absolute Gasteiger partial charge is 0.208 e. The van der Waals surface area contributed by atoms with Gasteiger partial charge in [-0.3, -0.25) is 0 Å². The Bertz CT molecular complexity index is 522. The molecule has 18 heavy (non-hydrogen) atoms. The maximum absolute atomic E-state index is 5.76. The van der Waals surface area contributed by atoms with Crippen LogP contribution in [-0.4, -0.2) is 11.5 Å². The first-order chi connectivity index (χ1) is 8.70. The summed E-state index contributed by atoms with van der Waals surface area (Å²) in [5.74, 6) is 1.56. The Morgan fingerprint density at radius 1 is 1.39 bits per heavy atom. The van der Waals surface area contributed by atoms with Crippen molar-refractivity contribution in [3.8, 4) is 11.3 Å². The average Bonchev–Trinajstić information content (AvgIpc) is 2.81. The molecule has 0 amide bonds. The second kappa shape index (κ2) is 6.16. The highest BCUT2D eigenvalue weighted by molar-refractivity contribution is 9.10. The zero-order valence-electron chi connectivity index (χ0n) is 10.7. The highest BCUT2D eigenvalue weighted by atomic mass is 79.9. The summed E-state index contributed by atoms with van der Waals surface area (Å²) in [5, 5.41) is 3.28. The zero-order chi connectivity index (χ0) is 13.0. The fourth-order valence-electron chi connectivity index (χ4n) is 1.75. The van der Waals surface area contributed by atoms with Crippen molar-refractivity contribution in [2.75, 3.05) is 6.54 Å². The molecule has 2 rings (SSSR count). The predicted molar refractivity (Wildman–Crippen MR) is 76.4 cm³/mol. The van der Waals surface area contributed by atoms with E-state index in [0.29, 0.717) is 6.54 Å². The summed E-state index contributed by atoms with van der Waals surface area (Å²) in [6, 6.07) is 6.15. The van der Waals surface area contributed by atoms with Crippen LogP contribution in [0.25, 0.3) is 11.3 Å². The molecule has 0 aliphatic carbocycles. The van der Waals surface area contributed by atoms with Crippen molar-refractivity contribution < 1.29 is 4.42 Å². The number of nitrogens with zero attached hydrogens (tertiary/aromatic N) is 1. The van der Waals surface area contributed by atoms with Gasteiger partial charge in [-0.05, 0) is 37.6 Å². The molecule has 0 atom stereocenters. The Morgan fingerprint density at radius 2 is 2.22 bits per heavy atom. The normalized spacial score (nSPS) is 10.8. The second-order valence-corrected chi connectivity index (χ2v) is 5.17. The minimum absolute atomic E-state index is 0.681. The third kappa shape index (κ3) is 3.21. The van der Waals surface area contributed by atoms with Gasteiger partial charge in [0.1, 0.15) is 0 Å². The summed E-state index contributed by atoms with van der Waals surface area (Å²) in [4.78, 5) is 4.29. The van der Waals surface area contributed by atoms with Crippen molar-refractivity contribution in [3.63, 3.8) is 0 Å². The van der Waals surface area contributed by atoms with E-state index in [2.05, 4.69) is 52.2 Å². The Hall–Kier alpha value is -1.13. The Balaban J connectivity index is 2.16. The van der Waals surface area contributed by atoms with E-state index < -0.39 is 0 Å². The Morgan fingerprint density at radius 3 is 3.00 bits per heavy atom. The van der Waals surface area contributed by atoms with Crippen molar-refractivity contribution in [1.82, 2.24) is 10.3 Å². The maximum atomic E-state index is 5.76. The van der Waals surface area contributed by atoms with Crippen LogP contribution >= 0.6 is 15.9 Å². The number of rotatable bonds is 5. The molecule has 0 radical (unpaired) electrons. The lowest BCUT2D eigenvalue weighted by atomic mass is 10.1. The molecule has 0 bridgehead atoms. The lowest BCUT2D eigenvalue weighted by Crippen LogP contribution is -2.13. The van der Waals surface area contributed by atoms with Gasteiger partial charge in [0.15, 0.2) is 5.76 Å². The molecule has 96 valence electrons. The second-order valence-electron chi connectivity index (χ2n) is 4.25. The van der Waals surface area contributed by atoms with Crippen molar-refractivity contribution in [1.29, 1.82) is 0 Å². The van der Waals surface area contributed by atoms with Crippen LogP contribution in [0.2, 0.25) is 0 Å². The van der Waals surface area contributed by atoms with Gasteiger partial charge in [-0.25, -0.2) is 4.98 Å². The van der Waals surface area contributed by atoms with E-state index >= 15 is 0 Å². The number of nitrogens with one attached hydrogen (secondary N) is 1. The molecule has 0 aliphatic rings. The predicted octanol–water partition coefficient (Wildman–Crippen LogP) is 3.91. The minimum Gasteiger partial charge on any atom is -0.439 e. The van der Waals surface area contributed by atoms with E-state index in [4.69, 9.17) is 4.42 Å². The van der Waals surface area contributed by atoms with Gasteiger partial charge < -0.3 is 9.73 Å². The van der Waals surface area contributed by atoms with Crippen LogP contribution < -0.4 is 5.32 Å². The molecule has 1 aromatic carbocycles. The molecule has 4 heteroatoms. The van der Waals surface area contributed by atoms with E-state index in [1.54, 1.807) is 6.20 Å².